The van der Waals surface area contributed by atoms with Gasteiger partial charge in [0.2, 0.25) is 5.13 Å². The van der Waals surface area contributed by atoms with Crippen molar-refractivity contribution < 1.29 is 14.3 Å². The molecule has 0 N–H and O–H groups in total. The predicted octanol–water partition coefficient (Wildman–Crippen LogP) is 5.45. The van der Waals surface area contributed by atoms with Gasteiger partial charge in [0.1, 0.15) is 11.5 Å². The first-order valence-electron chi connectivity index (χ1n) is 9.66. The van der Waals surface area contributed by atoms with Gasteiger partial charge in [-0.2, -0.15) is 4.99 Å². The van der Waals surface area contributed by atoms with Crippen LogP contribution in [0.4, 0.5) is 5.13 Å². The lowest BCUT2D eigenvalue weighted by Gasteiger charge is -2.11. The smallest absolute Gasteiger partial charge is 0.266 e. The highest BCUT2D eigenvalue weighted by molar-refractivity contribution is 8.18. The first-order valence-corrected chi connectivity index (χ1v) is 11.4. The summed E-state index contributed by atoms with van der Waals surface area (Å²) in [5, 5.41) is 3.22. The minimum atomic E-state index is -0.0797. The highest BCUT2D eigenvalue weighted by atomic mass is 32.2. The van der Waals surface area contributed by atoms with E-state index in [0.717, 1.165) is 16.8 Å². The molecule has 0 saturated carbocycles. The number of rotatable bonds is 6. The van der Waals surface area contributed by atoms with Crippen LogP contribution in [0.25, 0.3) is 17.3 Å². The van der Waals surface area contributed by atoms with Crippen molar-refractivity contribution in [3.63, 3.8) is 0 Å². The SMILES string of the molecule is CCN1C(=O)/C(=C/c2ccc(OC)cc2OC)S/C1=N/c1nc(-c2ccccc2)cs1. The Morgan fingerprint density at radius 3 is 2.65 bits per heavy atom. The molecule has 1 aliphatic heterocycles. The Bertz CT molecular complexity index is 1160. The van der Waals surface area contributed by atoms with E-state index in [1.807, 2.05) is 60.8 Å². The average Bonchev–Trinajstić information content (AvgIpc) is 3.39. The number of ether oxygens (including phenoxy) is 2. The second-order valence-corrected chi connectivity index (χ2v) is 8.39. The maximum absolute atomic E-state index is 13.0. The summed E-state index contributed by atoms with van der Waals surface area (Å²) in [5.74, 6) is 1.25. The fourth-order valence-electron chi connectivity index (χ4n) is 3.09. The minimum absolute atomic E-state index is 0.0797. The number of hydrogen-bond acceptors (Lipinski definition) is 7. The molecule has 1 aromatic heterocycles. The van der Waals surface area contributed by atoms with Gasteiger partial charge in [0.05, 0.1) is 24.8 Å². The van der Waals surface area contributed by atoms with Crippen molar-refractivity contribution in [3.8, 4) is 22.8 Å². The van der Waals surface area contributed by atoms with Crippen molar-refractivity contribution in [1.29, 1.82) is 0 Å². The number of carbonyl (C=O) groups excluding carboxylic acids is 1. The Labute approximate surface area is 189 Å². The van der Waals surface area contributed by atoms with E-state index in [1.54, 1.807) is 25.2 Å². The number of aliphatic imine (C=N–C) groups is 1. The Morgan fingerprint density at radius 1 is 1.13 bits per heavy atom. The largest absolute Gasteiger partial charge is 0.497 e. The maximum Gasteiger partial charge on any atom is 0.266 e. The molecule has 0 spiro atoms. The normalized spacial score (nSPS) is 16.4. The zero-order valence-corrected chi connectivity index (χ0v) is 19.0. The summed E-state index contributed by atoms with van der Waals surface area (Å²) >= 11 is 2.80. The number of amidine groups is 1. The number of hydrogen-bond donors (Lipinski definition) is 0. The van der Waals surface area contributed by atoms with E-state index in [2.05, 4.69) is 9.98 Å². The molecule has 8 heteroatoms. The monoisotopic (exact) mass is 451 g/mol. The molecule has 1 saturated heterocycles. The molecule has 158 valence electrons. The Kier molecular flexibility index (Phi) is 6.39. The molecule has 1 amide bonds. The van der Waals surface area contributed by atoms with Crippen LogP contribution in [0.15, 0.2) is 63.8 Å². The molecule has 1 aliphatic rings. The molecular weight excluding hydrogens is 430 g/mol. The number of thioether (sulfide) groups is 1. The van der Waals surface area contributed by atoms with Gasteiger partial charge in [0.15, 0.2) is 5.17 Å². The van der Waals surface area contributed by atoms with Crippen molar-refractivity contribution in [3.05, 3.63) is 64.4 Å². The van der Waals surface area contributed by atoms with E-state index in [0.29, 0.717) is 33.2 Å². The lowest BCUT2D eigenvalue weighted by Crippen LogP contribution is -2.28. The summed E-state index contributed by atoms with van der Waals surface area (Å²) < 4.78 is 10.7. The summed E-state index contributed by atoms with van der Waals surface area (Å²) in [5.41, 5.74) is 2.72. The number of carbonyl (C=O) groups is 1. The summed E-state index contributed by atoms with van der Waals surface area (Å²) in [6, 6.07) is 15.5. The average molecular weight is 452 g/mol. The third-order valence-corrected chi connectivity index (χ3v) is 6.43. The molecular formula is C23H21N3O3S2. The molecule has 0 radical (unpaired) electrons. The number of nitrogens with zero attached hydrogens (tertiary/aromatic N) is 3. The molecule has 4 rings (SSSR count). The van der Waals surface area contributed by atoms with E-state index >= 15 is 0 Å². The Morgan fingerprint density at radius 2 is 1.94 bits per heavy atom. The van der Waals surface area contributed by atoms with Gasteiger partial charge in [-0.05, 0) is 36.9 Å². The zero-order chi connectivity index (χ0) is 21.8. The molecule has 31 heavy (non-hydrogen) atoms. The van der Waals surface area contributed by atoms with Crippen LogP contribution in [0.1, 0.15) is 12.5 Å². The van der Waals surface area contributed by atoms with Crippen molar-refractivity contribution >= 4 is 45.4 Å². The van der Waals surface area contributed by atoms with E-state index in [9.17, 15) is 4.79 Å². The lowest BCUT2D eigenvalue weighted by molar-refractivity contribution is -0.122. The number of aromatic nitrogens is 1. The van der Waals surface area contributed by atoms with Crippen LogP contribution in [0.5, 0.6) is 11.5 Å². The van der Waals surface area contributed by atoms with Gasteiger partial charge < -0.3 is 9.47 Å². The fourth-order valence-corrected chi connectivity index (χ4v) is 4.88. The summed E-state index contributed by atoms with van der Waals surface area (Å²) in [6.45, 7) is 2.46. The Hall–Kier alpha value is -3.10. The molecule has 0 unspecified atom stereocenters. The van der Waals surface area contributed by atoms with Crippen LogP contribution < -0.4 is 9.47 Å². The standard InChI is InChI=1S/C23H21N3O3S2/c1-4-26-21(27)20(12-16-10-11-17(28-2)13-19(16)29-3)31-23(26)25-22-24-18(14-30-22)15-8-6-5-7-9-15/h5-14H,4H2,1-3H3/b20-12-,25-23+. The third-order valence-electron chi connectivity index (χ3n) is 4.68. The molecule has 0 aliphatic carbocycles. The fraction of sp³-hybridized carbons (Fsp3) is 0.174. The number of likely N-dealkylation sites (N-methyl/N-ethyl adjacent to an activating group) is 1. The molecule has 0 atom stereocenters. The number of amides is 1. The molecule has 2 heterocycles. The molecule has 3 aromatic rings. The predicted molar refractivity (Wildman–Crippen MR) is 127 cm³/mol. The number of benzene rings is 2. The number of methoxy groups -OCH3 is 2. The molecule has 0 bridgehead atoms. The van der Waals surface area contributed by atoms with Crippen LogP contribution >= 0.6 is 23.1 Å². The first-order chi connectivity index (χ1) is 15.1. The Balaban J connectivity index is 1.63. The highest BCUT2D eigenvalue weighted by Gasteiger charge is 2.32. The van der Waals surface area contributed by atoms with Crippen LogP contribution in [-0.2, 0) is 4.79 Å². The topological polar surface area (TPSA) is 64.0 Å². The summed E-state index contributed by atoms with van der Waals surface area (Å²) in [4.78, 5) is 24.5. The van der Waals surface area contributed by atoms with Gasteiger partial charge >= 0.3 is 0 Å². The number of thiazole rings is 1. The van der Waals surface area contributed by atoms with Crippen LogP contribution in [0, 0.1) is 0 Å². The molecule has 6 nitrogen and oxygen atoms in total. The molecule has 1 fully saturated rings. The van der Waals surface area contributed by atoms with E-state index in [-0.39, 0.29) is 5.91 Å². The van der Waals surface area contributed by atoms with Gasteiger partial charge in [0.25, 0.3) is 5.91 Å². The van der Waals surface area contributed by atoms with Crippen LogP contribution in [-0.4, -0.2) is 41.7 Å². The van der Waals surface area contributed by atoms with Crippen molar-refractivity contribution in [2.75, 3.05) is 20.8 Å². The van der Waals surface area contributed by atoms with Gasteiger partial charge in [-0.15, -0.1) is 11.3 Å². The maximum atomic E-state index is 13.0. The summed E-state index contributed by atoms with van der Waals surface area (Å²) in [6.07, 6.45) is 1.83. The summed E-state index contributed by atoms with van der Waals surface area (Å²) in [7, 11) is 3.20. The second-order valence-electron chi connectivity index (χ2n) is 6.54. The first kappa shape index (κ1) is 21.1. The van der Waals surface area contributed by atoms with Gasteiger partial charge in [0, 0.05) is 29.1 Å². The van der Waals surface area contributed by atoms with Gasteiger partial charge in [-0.3, -0.25) is 9.69 Å². The highest BCUT2D eigenvalue weighted by Crippen LogP contribution is 2.37. The van der Waals surface area contributed by atoms with Crippen LogP contribution in [0.3, 0.4) is 0 Å². The zero-order valence-electron chi connectivity index (χ0n) is 17.4. The minimum Gasteiger partial charge on any atom is -0.497 e. The molecule has 2 aromatic carbocycles. The van der Waals surface area contributed by atoms with E-state index in [4.69, 9.17) is 9.47 Å². The van der Waals surface area contributed by atoms with Gasteiger partial charge in [-0.25, -0.2) is 4.98 Å². The van der Waals surface area contributed by atoms with Crippen molar-refractivity contribution in [2.24, 2.45) is 4.99 Å². The third kappa shape index (κ3) is 4.50. The van der Waals surface area contributed by atoms with Gasteiger partial charge in [-0.1, -0.05) is 30.3 Å². The van der Waals surface area contributed by atoms with Crippen LogP contribution in [0.2, 0.25) is 0 Å². The quantitative estimate of drug-likeness (QED) is 0.466. The van der Waals surface area contributed by atoms with Crippen molar-refractivity contribution in [2.45, 2.75) is 6.92 Å². The second kappa shape index (κ2) is 9.36. The lowest BCUT2D eigenvalue weighted by atomic mass is 10.1. The van der Waals surface area contributed by atoms with Crippen molar-refractivity contribution in [1.82, 2.24) is 9.88 Å². The van der Waals surface area contributed by atoms with E-state index < -0.39 is 0 Å². The van der Waals surface area contributed by atoms with E-state index in [1.165, 1.54) is 23.1 Å².